The summed E-state index contributed by atoms with van der Waals surface area (Å²) in [7, 11) is 0. The molecule has 0 spiro atoms. The topological polar surface area (TPSA) is 41.5 Å². The average molecular weight is 378 g/mol. The van der Waals surface area contributed by atoms with Crippen LogP contribution in [0.2, 0.25) is 0 Å². The monoisotopic (exact) mass is 377 g/mol. The maximum Gasteiger partial charge on any atom is 0.120 e. The summed E-state index contributed by atoms with van der Waals surface area (Å²) in [6, 6.07) is 16.9. The van der Waals surface area contributed by atoms with E-state index in [0.29, 0.717) is 18.4 Å². The van der Waals surface area contributed by atoms with Crippen LogP contribution in [-0.2, 0) is 13.2 Å². The number of rotatable bonds is 6. The molecule has 2 aromatic carbocycles. The van der Waals surface area contributed by atoms with Gasteiger partial charge in [0.25, 0.3) is 0 Å². The van der Waals surface area contributed by atoms with Gasteiger partial charge in [0.1, 0.15) is 12.4 Å². The molecule has 4 fully saturated rings. The van der Waals surface area contributed by atoms with Crippen LogP contribution >= 0.6 is 0 Å². The molecule has 2 N–H and O–H groups in total. The third kappa shape index (κ3) is 3.70. The van der Waals surface area contributed by atoms with Crippen molar-refractivity contribution >= 4 is 0 Å². The van der Waals surface area contributed by atoms with Crippen molar-refractivity contribution in [2.24, 2.45) is 11.8 Å². The van der Waals surface area contributed by atoms with Gasteiger partial charge in [-0.05, 0) is 80.5 Å². The van der Waals surface area contributed by atoms with E-state index in [9.17, 15) is 5.11 Å². The molecule has 4 aliphatic rings. The zero-order valence-electron chi connectivity index (χ0n) is 16.8. The van der Waals surface area contributed by atoms with Crippen molar-refractivity contribution in [1.82, 2.24) is 5.32 Å². The average Bonchev–Trinajstić information content (AvgIpc) is 2.65. The molecule has 3 nitrogen and oxygen atoms in total. The molecule has 28 heavy (non-hydrogen) atoms. The summed E-state index contributed by atoms with van der Waals surface area (Å²) in [5.41, 5.74) is 3.44. The Morgan fingerprint density at radius 1 is 1.00 bits per heavy atom. The van der Waals surface area contributed by atoms with E-state index in [-0.39, 0.29) is 5.54 Å². The second-order valence-corrected chi connectivity index (χ2v) is 9.74. The Bertz CT molecular complexity index is 830. The second kappa shape index (κ2) is 6.89. The Balaban J connectivity index is 1.22. The molecule has 2 aromatic rings. The zero-order valence-corrected chi connectivity index (χ0v) is 16.8. The summed E-state index contributed by atoms with van der Waals surface area (Å²) in [4.78, 5) is 0. The van der Waals surface area contributed by atoms with Crippen molar-refractivity contribution in [3.63, 3.8) is 0 Å². The van der Waals surface area contributed by atoms with Crippen LogP contribution in [0.15, 0.2) is 48.5 Å². The van der Waals surface area contributed by atoms with E-state index in [0.717, 1.165) is 31.6 Å². The predicted octanol–water partition coefficient (Wildman–Crippen LogP) is 4.75. The highest BCUT2D eigenvalue weighted by molar-refractivity contribution is 5.29. The first-order valence-electron chi connectivity index (χ1n) is 10.7. The normalized spacial score (nSPS) is 33.2. The molecule has 0 saturated heterocycles. The molecular weight excluding hydrogens is 346 g/mol. The second-order valence-electron chi connectivity index (χ2n) is 9.74. The minimum absolute atomic E-state index is 0.137. The molecule has 0 amide bonds. The minimum atomic E-state index is -0.407. The van der Waals surface area contributed by atoms with Gasteiger partial charge >= 0.3 is 0 Å². The standard InChI is InChI=1S/C25H31NO2/c1-18-5-7-19(8-6-18)16-28-23-4-2-3-20(10-23)15-26-24-11-21-9-22(12-24)14-25(27,13-21)17-24/h2-8,10,21-22,26-27H,9,11-17H2,1H3. The number of benzene rings is 2. The van der Waals surface area contributed by atoms with E-state index < -0.39 is 5.60 Å². The molecule has 4 aliphatic carbocycles. The Hall–Kier alpha value is -1.84. The summed E-state index contributed by atoms with van der Waals surface area (Å²) in [6.07, 6.45) is 6.76. The summed E-state index contributed by atoms with van der Waals surface area (Å²) < 4.78 is 6.02. The van der Waals surface area contributed by atoms with Crippen molar-refractivity contribution in [1.29, 1.82) is 0 Å². The van der Waals surface area contributed by atoms with E-state index in [1.54, 1.807) is 0 Å². The Morgan fingerprint density at radius 2 is 1.75 bits per heavy atom. The van der Waals surface area contributed by atoms with E-state index in [1.807, 2.05) is 6.07 Å². The van der Waals surface area contributed by atoms with Gasteiger partial charge in [0.2, 0.25) is 0 Å². The van der Waals surface area contributed by atoms with Gasteiger partial charge in [0, 0.05) is 12.1 Å². The number of hydrogen-bond acceptors (Lipinski definition) is 3. The fourth-order valence-corrected chi connectivity index (χ4v) is 6.31. The first kappa shape index (κ1) is 18.2. The first-order chi connectivity index (χ1) is 13.5. The lowest BCUT2D eigenvalue weighted by molar-refractivity contribution is -0.142. The molecule has 0 aromatic heterocycles. The van der Waals surface area contributed by atoms with Gasteiger partial charge in [-0.25, -0.2) is 0 Å². The zero-order chi connectivity index (χ0) is 19.2. The predicted molar refractivity (Wildman–Crippen MR) is 111 cm³/mol. The van der Waals surface area contributed by atoms with E-state index in [2.05, 4.69) is 54.7 Å². The lowest BCUT2D eigenvalue weighted by atomic mass is 9.51. The highest BCUT2D eigenvalue weighted by atomic mass is 16.5. The van der Waals surface area contributed by atoms with E-state index >= 15 is 0 Å². The molecule has 0 radical (unpaired) electrons. The largest absolute Gasteiger partial charge is 0.489 e. The summed E-state index contributed by atoms with van der Waals surface area (Å²) in [6.45, 7) is 3.54. The number of hydrogen-bond donors (Lipinski definition) is 2. The fourth-order valence-electron chi connectivity index (χ4n) is 6.31. The SMILES string of the molecule is Cc1ccc(COc2cccc(CNC34CC5CC(CC(O)(C5)C3)C4)c2)cc1. The molecule has 0 aliphatic heterocycles. The van der Waals surface area contributed by atoms with Gasteiger partial charge in [0.15, 0.2) is 0 Å². The molecule has 6 rings (SSSR count). The molecule has 2 unspecified atom stereocenters. The van der Waals surface area contributed by atoms with Crippen molar-refractivity contribution in [3.8, 4) is 5.75 Å². The van der Waals surface area contributed by atoms with E-state index in [4.69, 9.17) is 4.74 Å². The summed E-state index contributed by atoms with van der Waals surface area (Å²) in [5, 5.41) is 14.8. The summed E-state index contributed by atoms with van der Waals surface area (Å²) >= 11 is 0. The number of nitrogens with one attached hydrogen (secondary N) is 1. The van der Waals surface area contributed by atoms with Crippen LogP contribution in [0.4, 0.5) is 0 Å². The van der Waals surface area contributed by atoms with Gasteiger partial charge in [-0.1, -0.05) is 42.0 Å². The number of ether oxygens (including phenoxy) is 1. The lowest BCUT2D eigenvalue weighted by Crippen LogP contribution is -2.64. The van der Waals surface area contributed by atoms with Gasteiger partial charge in [-0.2, -0.15) is 0 Å². The third-order valence-corrected chi connectivity index (χ3v) is 7.12. The minimum Gasteiger partial charge on any atom is -0.489 e. The molecule has 2 atom stereocenters. The third-order valence-electron chi connectivity index (χ3n) is 7.12. The maximum absolute atomic E-state index is 10.9. The number of aliphatic hydroxyl groups is 1. The van der Waals surface area contributed by atoms with Crippen molar-refractivity contribution < 1.29 is 9.84 Å². The van der Waals surface area contributed by atoms with Gasteiger partial charge in [-0.15, -0.1) is 0 Å². The molecular formula is C25H31NO2. The van der Waals surface area contributed by atoms with Crippen molar-refractivity contribution in [2.45, 2.75) is 69.7 Å². The van der Waals surface area contributed by atoms with Crippen molar-refractivity contribution in [3.05, 3.63) is 65.2 Å². The highest BCUT2D eigenvalue weighted by Gasteiger charge is 2.56. The van der Waals surface area contributed by atoms with Crippen LogP contribution in [0, 0.1) is 18.8 Å². The Labute approximate surface area is 168 Å². The van der Waals surface area contributed by atoms with Gasteiger partial charge < -0.3 is 15.2 Å². The van der Waals surface area contributed by atoms with E-state index in [1.165, 1.54) is 36.0 Å². The lowest BCUT2D eigenvalue weighted by Gasteiger charge is -2.60. The quantitative estimate of drug-likeness (QED) is 0.763. The Morgan fingerprint density at radius 3 is 2.46 bits per heavy atom. The smallest absolute Gasteiger partial charge is 0.120 e. The molecule has 4 saturated carbocycles. The van der Waals surface area contributed by atoms with Crippen LogP contribution < -0.4 is 10.1 Å². The van der Waals surface area contributed by atoms with Gasteiger partial charge in [-0.3, -0.25) is 0 Å². The van der Waals surface area contributed by atoms with Crippen LogP contribution in [-0.4, -0.2) is 16.2 Å². The highest BCUT2D eigenvalue weighted by Crippen LogP contribution is 2.57. The molecule has 148 valence electrons. The Kier molecular flexibility index (Phi) is 4.48. The van der Waals surface area contributed by atoms with Crippen LogP contribution in [0.1, 0.15) is 55.2 Å². The molecule has 0 heterocycles. The van der Waals surface area contributed by atoms with Crippen LogP contribution in [0.3, 0.4) is 0 Å². The van der Waals surface area contributed by atoms with Crippen LogP contribution in [0.5, 0.6) is 5.75 Å². The van der Waals surface area contributed by atoms with Crippen molar-refractivity contribution in [2.75, 3.05) is 0 Å². The van der Waals surface area contributed by atoms with Crippen LogP contribution in [0.25, 0.3) is 0 Å². The van der Waals surface area contributed by atoms with Gasteiger partial charge in [0.05, 0.1) is 5.60 Å². The molecule has 4 bridgehead atoms. The first-order valence-corrected chi connectivity index (χ1v) is 10.7. The number of aryl methyl sites for hydroxylation is 1. The molecule has 3 heteroatoms. The fraction of sp³-hybridized carbons (Fsp3) is 0.520. The maximum atomic E-state index is 10.9. The summed E-state index contributed by atoms with van der Waals surface area (Å²) in [5.74, 6) is 2.34.